The smallest absolute Gasteiger partial charge is 0.457 e. The Labute approximate surface area is 203 Å². The van der Waals surface area contributed by atoms with Gasteiger partial charge in [0.2, 0.25) is 0 Å². The minimum atomic E-state index is -5.95. The summed E-state index contributed by atoms with van der Waals surface area (Å²) in [6, 6.07) is 7.22. The molecule has 0 saturated heterocycles. The molecule has 0 aliphatic rings. The lowest BCUT2D eigenvalue weighted by Crippen LogP contribution is -2.33. The number of carbonyl (C=O) groups excluding carboxylic acids is 1. The second-order valence-corrected chi connectivity index (χ2v) is 8.50. The molecule has 3 N–H and O–H groups in total. The van der Waals surface area contributed by atoms with Gasteiger partial charge in [-0.2, -0.15) is 22.0 Å². The highest BCUT2D eigenvalue weighted by atomic mass is 31.2. The maximum atomic E-state index is 13.9. The van der Waals surface area contributed by atoms with Gasteiger partial charge in [-0.25, -0.2) is 8.96 Å². The molecule has 3 rings (SSSR count). The van der Waals surface area contributed by atoms with Gasteiger partial charge in [0.05, 0.1) is 5.56 Å². The molecule has 198 valence electrons. The second kappa shape index (κ2) is 10.4. The lowest BCUT2D eigenvalue weighted by Gasteiger charge is -2.21. The number of phosphoric ester groups is 1. The first-order valence-electron chi connectivity index (χ1n) is 9.81. The Morgan fingerprint density at radius 2 is 1.65 bits per heavy atom. The highest BCUT2D eigenvalue weighted by Crippen LogP contribution is 2.45. The van der Waals surface area contributed by atoms with Crippen LogP contribution in [0.2, 0.25) is 0 Å². The Balaban J connectivity index is 1.93. The molecule has 37 heavy (non-hydrogen) atoms. The van der Waals surface area contributed by atoms with Crippen LogP contribution in [0.15, 0.2) is 65.6 Å². The van der Waals surface area contributed by atoms with Gasteiger partial charge < -0.3 is 19.8 Å². The van der Waals surface area contributed by atoms with E-state index in [9.17, 15) is 40.5 Å². The number of halogens is 6. The quantitative estimate of drug-likeness (QED) is 0.272. The van der Waals surface area contributed by atoms with Crippen LogP contribution in [0.3, 0.4) is 0 Å². The third-order valence-corrected chi connectivity index (χ3v) is 5.06. The summed E-state index contributed by atoms with van der Waals surface area (Å²) in [4.78, 5) is 42.3. The Hall–Kier alpha value is -3.65. The fourth-order valence-corrected chi connectivity index (χ4v) is 3.09. The first kappa shape index (κ1) is 27.9. The molecule has 0 unspecified atom stereocenters. The van der Waals surface area contributed by atoms with Gasteiger partial charge in [-0.3, -0.25) is 18.7 Å². The fourth-order valence-electron chi connectivity index (χ4n) is 2.81. The number of nitrogens with one attached hydrogen (secondary N) is 1. The number of pyridine rings is 1. The number of benzene rings is 2. The number of amides is 1. The summed E-state index contributed by atoms with van der Waals surface area (Å²) in [7, 11) is -4.88. The largest absolute Gasteiger partial charge is 0.471 e. The van der Waals surface area contributed by atoms with Crippen molar-refractivity contribution in [1.82, 2.24) is 4.57 Å². The number of anilines is 1. The first-order chi connectivity index (χ1) is 17.1. The van der Waals surface area contributed by atoms with Crippen molar-refractivity contribution in [2.45, 2.75) is 18.8 Å². The number of hydrogen-bond acceptors (Lipinski definition) is 5. The van der Waals surface area contributed by atoms with Crippen LogP contribution in [-0.4, -0.2) is 26.4 Å². The molecule has 1 amide bonds. The van der Waals surface area contributed by atoms with Crippen molar-refractivity contribution >= 4 is 19.4 Å². The number of phosphoric acid groups is 1. The third kappa shape index (κ3) is 6.98. The average molecular weight is 552 g/mol. The summed E-state index contributed by atoms with van der Waals surface area (Å²) in [6.07, 6.45) is -4.94. The van der Waals surface area contributed by atoms with Gasteiger partial charge in [-0.15, -0.1) is 0 Å². The highest BCUT2D eigenvalue weighted by molar-refractivity contribution is 7.46. The molecule has 0 atom stereocenters. The molecular weight excluding hydrogens is 537 g/mol. The zero-order valence-corrected chi connectivity index (χ0v) is 19.0. The molecule has 3 aromatic rings. The van der Waals surface area contributed by atoms with Crippen LogP contribution in [0.1, 0.15) is 15.9 Å². The van der Waals surface area contributed by atoms with Gasteiger partial charge in [0, 0.05) is 23.5 Å². The number of nitrogens with zero attached hydrogens (tertiary/aromatic N) is 1. The average Bonchev–Trinajstić information content (AvgIpc) is 2.78. The molecule has 0 aliphatic carbocycles. The summed E-state index contributed by atoms with van der Waals surface area (Å²) >= 11 is 0. The van der Waals surface area contributed by atoms with Crippen LogP contribution in [0, 0.1) is 5.82 Å². The minimum Gasteiger partial charge on any atom is -0.457 e. The number of carbonyl (C=O) groups is 1. The molecule has 2 aromatic carbocycles. The van der Waals surface area contributed by atoms with Crippen molar-refractivity contribution < 1.29 is 54.7 Å². The van der Waals surface area contributed by atoms with Crippen LogP contribution >= 0.6 is 7.82 Å². The van der Waals surface area contributed by atoms with E-state index in [1.54, 1.807) is 0 Å². The maximum absolute atomic E-state index is 13.9. The minimum absolute atomic E-state index is 0.167. The van der Waals surface area contributed by atoms with E-state index in [2.05, 4.69) is 9.84 Å². The van der Waals surface area contributed by atoms with E-state index in [1.165, 1.54) is 0 Å². The van der Waals surface area contributed by atoms with Crippen molar-refractivity contribution in [2.24, 2.45) is 0 Å². The predicted molar refractivity (Wildman–Crippen MR) is 115 cm³/mol. The van der Waals surface area contributed by atoms with Gasteiger partial charge in [-0.05, 0) is 42.5 Å². The van der Waals surface area contributed by atoms with E-state index in [-0.39, 0.29) is 11.4 Å². The summed E-state index contributed by atoms with van der Waals surface area (Å²) < 4.78 is 101. The lowest BCUT2D eigenvalue weighted by atomic mass is 10.0. The number of ether oxygens (including phenoxy) is 1. The highest BCUT2D eigenvalue weighted by Gasteiger charge is 2.58. The van der Waals surface area contributed by atoms with Crippen LogP contribution in [-0.2, 0) is 21.7 Å². The Kier molecular flexibility index (Phi) is 7.83. The lowest BCUT2D eigenvalue weighted by molar-refractivity contribution is -0.289. The second-order valence-electron chi connectivity index (χ2n) is 7.27. The topological polar surface area (TPSA) is 127 Å². The number of aromatic nitrogens is 1. The molecular formula is C21H15F6N2O7P. The van der Waals surface area contributed by atoms with E-state index in [0.29, 0.717) is 18.2 Å². The normalized spacial score (nSPS) is 12.3. The molecule has 1 aromatic heterocycles. The molecule has 0 aliphatic heterocycles. The number of rotatable bonds is 8. The number of hydrogen-bond donors (Lipinski definition) is 3. The molecule has 0 bridgehead atoms. The van der Waals surface area contributed by atoms with Crippen LogP contribution < -0.4 is 15.6 Å². The van der Waals surface area contributed by atoms with E-state index >= 15 is 0 Å². The predicted octanol–water partition coefficient (Wildman–Crippen LogP) is 4.75. The fraction of sp³-hybridized carbons (Fsp3) is 0.143. The van der Waals surface area contributed by atoms with Crippen molar-refractivity contribution in [2.75, 3.05) is 5.32 Å². The molecule has 16 heteroatoms. The SMILES string of the molecule is O=C(Nc1ccn(COP(=O)(O)O)c(=O)c1)c1ccc(C(F)(F)C(F)(F)F)cc1Oc1ccc(F)cc1. The number of alkyl halides is 5. The van der Waals surface area contributed by atoms with Crippen LogP contribution in [0.5, 0.6) is 11.5 Å². The molecule has 0 spiro atoms. The Bertz CT molecular complexity index is 1400. The molecule has 9 nitrogen and oxygen atoms in total. The van der Waals surface area contributed by atoms with Crippen molar-refractivity contribution in [3.63, 3.8) is 0 Å². The summed E-state index contributed by atoms with van der Waals surface area (Å²) in [5.74, 6) is -7.97. The van der Waals surface area contributed by atoms with Gasteiger partial charge >= 0.3 is 19.9 Å². The van der Waals surface area contributed by atoms with Crippen molar-refractivity contribution in [3.8, 4) is 11.5 Å². The maximum Gasteiger partial charge on any atom is 0.471 e. The van der Waals surface area contributed by atoms with Gasteiger partial charge in [0.1, 0.15) is 24.0 Å². The first-order valence-corrected chi connectivity index (χ1v) is 11.3. The van der Waals surface area contributed by atoms with E-state index in [1.807, 2.05) is 0 Å². The summed E-state index contributed by atoms with van der Waals surface area (Å²) in [5.41, 5.74) is -3.07. The van der Waals surface area contributed by atoms with E-state index < -0.39 is 60.8 Å². The van der Waals surface area contributed by atoms with Crippen LogP contribution in [0.4, 0.5) is 32.0 Å². The van der Waals surface area contributed by atoms with Gasteiger partial charge in [-0.1, -0.05) is 6.07 Å². The van der Waals surface area contributed by atoms with Gasteiger partial charge in [0.15, 0.2) is 0 Å². The summed E-state index contributed by atoms with van der Waals surface area (Å²) in [5, 5.41) is 2.23. The Morgan fingerprint density at radius 1 is 1.00 bits per heavy atom. The van der Waals surface area contributed by atoms with E-state index in [4.69, 9.17) is 14.5 Å². The zero-order chi connectivity index (χ0) is 27.6. The van der Waals surface area contributed by atoms with Crippen molar-refractivity contribution in [3.05, 3.63) is 88.1 Å². The Morgan fingerprint density at radius 3 is 2.22 bits per heavy atom. The van der Waals surface area contributed by atoms with E-state index in [0.717, 1.165) is 47.2 Å². The van der Waals surface area contributed by atoms with Crippen LogP contribution in [0.25, 0.3) is 0 Å². The molecule has 0 fully saturated rings. The molecule has 0 radical (unpaired) electrons. The van der Waals surface area contributed by atoms with Crippen molar-refractivity contribution in [1.29, 1.82) is 0 Å². The standard InChI is InChI=1S/C21H15F6N2O7P/c22-13-2-4-15(5-3-13)36-17-9-12(20(23,24)21(25,26)27)1-6-16(17)19(31)28-14-7-8-29(18(30)10-14)11-35-37(32,33)34/h1-10H,11H2,(H,28,31)(H2,32,33,34). The van der Waals surface area contributed by atoms with Gasteiger partial charge in [0.25, 0.3) is 11.5 Å². The monoisotopic (exact) mass is 552 g/mol. The third-order valence-electron chi connectivity index (χ3n) is 4.61. The summed E-state index contributed by atoms with van der Waals surface area (Å²) in [6.45, 7) is -0.818. The zero-order valence-electron chi connectivity index (χ0n) is 18.1. The molecule has 1 heterocycles. The molecule has 0 saturated carbocycles.